The van der Waals surface area contributed by atoms with E-state index < -0.39 is 0 Å². The Balaban J connectivity index is 2.10. The zero-order chi connectivity index (χ0) is 14.8. The third kappa shape index (κ3) is 3.64. The minimum absolute atomic E-state index is 0.0670. The molecule has 3 heteroatoms. The van der Waals surface area contributed by atoms with Crippen molar-refractivity contribution in [1.82, 2.24) is 9.97 Å². The second kappa shape index (κ2) is 5.71. The summed E-state index contributed by atoms with van der Waals surface area (Å²) in [6.45, 7) is 8.58. The van der Waals surface area contributed by atoms with Gasteiger partial charge in [0.2, 0.25) is 0 Å². The van der Waals surface area contributed by atoms with Crippen molar-refractivity contribution in [1.29, 1.82) is 0 Å². The van der Waals surface area contributed by atoms with E-state index in [1.54, 1.807) is 6.20 Å². The van der Waals surface area contributed by atoms with E-state index in [1.807, 2.05) is 13.1 Å². The van der Waals surface area contributed by atoms with Crippen LogP contribution in [0.1, 0.15) is 56.3 Å². The molecule has 2 N–H and O–H groups in total. The summed E-state index contributed by atoms with van der Waals surface area (Å²) in [7, 11) is 0. The van der Waals surface area contributed by atoms with Crippen LogP contribution in [0, 0.1) is 0 Å². The highest BCUT2D eigenvalue weighted by atomic mass is 14.8. The molecule has 2 rings (SSSR count). The Morgan fingerprint density at radius 1 is 1.05 bits per heavy atom. The first kappa shape index (κ1) is 14.7. The lowest BCUT2D eigenvalue weighted by Crippen LogP contribution is -2.11. The summed E-state index contributed by atoms with van der Waals surface area (Å²) in [5.41, 5.74) is 10.4. The number of aromatic nitrogens is 2. The second-order valence-corrected chi connectivity index (χ2v) is 6.34. The van der Waals surface area contributed by atoms with Crippen LogP contribution >= 0.6 is 0 Å². The van der Waals surface area contributed by atoms with Crippen LogP contribution in [0.5, 0.6) is 0 Å². The Kier molecular flexibility index (Phi) is 4.19. The second-order valence-electron chi connectivity index (χ2n) is 6.34. The van der Waals surface area contributed by atoms with Gasteiger partial charge in [-0.3, -0.25) is 9.97 Å². The Bertz CT molecular complexity index is 548. The minimum Gasteiger partial charge on any atom is -0.323 e. The van der Waals surface area contributed by atoms with Gasteiger partial charge in [0, 0.05) is 18.7 Å². The van der Waals surface area contributed by atoms with Crippen LogP contribution in [-0.4, -0.2) is 9.97 Å². The molecule has 2 aromatic rings. The number of hydrogen-bond acceptors (Lipinski definition) is 3. The SMILES string of the molecule is CC(N)c1cnc(Cc2ccc(C(C)(C)C)cc2)cn1. The van der Waals surface area contributed by atoms with E-state index in [2.05, 4.69) is 55.0 Å². The summed E-state index contributed by atoms with van der Waals surface area (Å²) in [6, 6.07) is 8.66. The lowest BCUT2D eigenvalue weighted by Gasteiger charge is -2.19. The molecule has 1 unspecified atom stereocenters. The summed E-state index contributed by atoms with van der Waals surface area (Å²) in [4.78, 5) is 8.77. The normalized spacial score (nSPS) is 13.2. The van der Waals surface area contributed by atoms with Crippen LogP contribution in [0.15, 0.2) is 36.7 Å². The van der Waals surface area contributed by atoms with Crippen molar-refractivity contribution in [2.45, 2.75) is 45.6 Å². The van der Waals surface area contributed by atoms with E-state index >= 15 is 0 Å². The van der Waals surface area contributed by atoms with E-state index in [0.717, 1.165) is 17.8 Å². The molecule has 1 heterocycles. The zero-order valence-corrected chi connectivity index (χ0v) is 12.7. The Morgan fingerprint density at radius 3 is 2.15 bits per heavy atom. The van der Waals surface area contributed by atoms with Crippen LogP contribution in [0.3, 0.4) is 0 Å². The van der Waals surface area contributed by atoms with Crippen molar-refractivity contribution in [3.63, 3.8) is 0 Å². The molecule has 0 fully saturated rings. The molecule has 0 aliphatic carbocycles. The van der Waals surface area contributed by atoms with Gasteiger partial charge in [-0.1, -0.05) is 45.0 Å². The number of hydrogen-bond donors (Lipinski definition) is 1. The number of rotatable bonds is 3. The molecule has 0 saturated carbocycles. The van der Waals surface area contributed by atoms with Gasteiger partial charge in [0.15, 0.2) is 0 Å². The molecule has 20 heavy (non-hydrogen) atoms. The largest absolute Gasteiger partial charge is 0.323 e. The molecule has 0 amide bonds. The maximum Gasteiger partial charge on any atom is 0.0751 e. The zero-order valence-electron chi connectivity index (χ0n) is 12.7. The van der Waals surface area contributed by atoms with Crippen molar-refractivity contribution in [3.05, 3.63) is 59.2 Å². The van der Waals surface area contributed by atoms with Gasteiger partial charge < -0.3 is 5.73 Å². The van der Waals surface area contributed by atoms with Crippen molar-refractivity contribution in [3.8, 4) is 0 Å². The van der Waals surface area contributed by atoms with Crippen molar-refractivity contribution in [2.24, 2.45) is 5.73 Å². The van der Waals surface area contributed by atoms with Crippen LogP contribution in [-0.2, 0) is 11.8 Å². The summed E-state index contributed by atoms with van der Waals surface area (Å²) in [5.74, 6) is 0. The molecule has 0 aliphatic heterocycles. The third-order valence-electron chi connectivity index (χ3n) is 3.40. The van der Waals surface area contributed by atoms with E-state index in [-0.39, 0.29) is 11.5 Å². The molecule has 106 valence electrons. The lowest BCUT2D eigenvalue weighted by molar-refractivity contribution is 0.590. The first-order valence-corrected chi connectivity index (χ1v) is 7.02. The minimum atomic E-state index is -0.0670. The topological polar surface area (TPSA) is 51.8 Å². The first-order valence-electron chi connectivity index (χ1n) is 7.02. The molecular formula is C17H23N3. The highest BCUT2D eigenvalue weighted by Gasteiger charge is 2.12. The highest BCUT2D eigenvalue weighted by molar-refractivity contribution is 5.29. The predicted molar refractivity (Wildman–Crippen MR) is 82.6 cm³/mol. The van der Waals surface area contributed by atoms with Gasteiger partial charge >= 0.3 is 0 Å². The average molecular weight is 269 g/mol. The van der Waals surface area contributed by atoms with E-state index in [9.17, 15) is 0 Å². The quantitative estimate of drug-likeness (QED) is 0.929. The molecule has 3 nitrogen and oxygen atoms in total. The van der Waals surface area contributed by atoms with E-state index in [0.29, 0.717) is 0 Å². The third-order valence-corrected chi connectivity index (χ3v) is 3.40. The van der Waals surface area contributed by atoms with E-state index in [4.69, 9.17) is 5.73 Å². The smallest absolute Gasteiger partial charge is 0.0751 e. The summed E-state index contributed by atoms with van der Waals surface area (Å²) in [5, 5.41) is 0. The fourth-order valence-corrected chi connectivity index (χ4v) is 2.02. The van der Waals surface area contributed by atoms with Crippen LogP contribution in [0.4, 0.5) is 0 Å². The van der Waals surface area contributed by atoms with Crippen LogP contribution < -0.4 is 5.73 Å². The van der Waals surface area contributed by atoms with Gasteiger partial charge in [-0.25, -0.2) is 0 Å². The van der Waals surface area contributed by atoms with Gasteiger partial charge in [-0.2, -0.15) is 0 Å². The Hall–Kier alpha value is -1.74. The van der Waals surface area contributed by atoms with Gasteiger partial charge in [0.1, 0.15) is 0 Å². The summed E-state index contributed by atoms with van der Waals surface area (Å²) in [6.07, 6.45) is 4.39. The van der Waals surface area contributed by atoms with Crippen LogP contribution in [0.2, 0.25) is 0 Å². The molecule has 0 bridgehead atoms. The van der Waals surface area contributed by atoms with Crippen LogP contribution in [0.25, 0.3) is 0 Å². The first-order chi connectivity index (χ1) is 9.36. The lowest BCUT2D eigenvalue weighted by atomic mass is 9.86. The summed E-state index contributed by atoms with van der Waals surface area (Å²) >= 11 is 0. The van der Waals surface area contributed by atoms with Crippen molar-refractivity contribution in [2.75, 3.05) is 0 Å². The Labute approximate surface area is 121 Å². The van der Waals surface area contributed by atoms with E-state index in [1.165, 1.54) is 11.1 Å². The monoisotopic (exact) mass is 269 g/mol. The maximum atomic E-state index is 5.77. The highest BCUT2D eigenvalue weighted by Crippen LogP contribution is 2.22. The molecule has 0 aliphatic rings. The number of benzene rings is 1. The number of nitrogens with zero attached hydrogens (tertiary/aromatic N) is 2. The predicted octanol–water partition coefficient (Wildman–Crippen LogP) is 3.38. The maximum absolute atomic E-state index is 5.77. The van der Waals surface area contributed by atoms with Gasteiger partial charge in [-0.05, 0) is 23.5 Å². The number of nitrogens with two attached hydrogens (primary N) is 1. The molecule has 1 aromatic heterocycles. The molecule has 0 radical (unpaired) electrons. The molecule has 0 saturated heterocycles. The standard InChI is InChI=1S/C17H23N3/c1-12(18)16-11-19-15(10-20-16)9-13-5-7-14(8-6-13)17(2,3)4/h5-8,10-12H,9,18H2,1-4H3. The fraction of sp³-hybridized carbons (Fsp3) is 0.412. The summed E-state index contributed by atoms with van der Waals surface area (Å²) < 4.78 is 0. The fourth-order valence-electron chi connectivity index (χ4n) is 2.02. The van der Waals surface area contributed by atoms with Gasteiger partial charge in [-0.15, -0.1) is 0 Å². The van der Waals surface area contributed by atoms with Crippen molar-refractivity contribution < 1.29 is 0 Å². The van der Waals surface area contributed by atoms with Gasteiger partial charge in [0.25, 0.3) is 0 Å². The molecule has 0 spiro atoms. The van der Waals surface area contributed by atoms with Gasteiger partial charge in [0.05, 0.1) is 17.6 Å². The molecule has 1 atom stereocenters. The molecule has 1 aromatic carbocycles. The van der Waals surface area contributed by atoms with Crippen molar-refractivity contribution >= 4 is 0 Å². The molecular weight excluding hydrogens is 246 g/mol. The average Bonchev–Trinajstić information content (AvgIpc) is 2.39. The Morgan fingerprint density at radius 2 is 1.70 bits per heavy atom.